The van der Waals surface area contributed by atoms with Crippen LogP contribution in [0, 0.1) is 0 Å². The van der Waals surface area contributed by atoms with Gasteiger partial charge in [0.25, 0.3) is 0 Å². The van der Waals surface area contributed by atoms with Crippen LogP contribution in [-0.4, -0.2) is 19.4 Å². The summed E-state index contributed by atoms with van der Waals surface area (Å²) in [5, 5.41) is 0. The van der Waals surface area contributed by atoms with E-state index < -0.39 is 0 Å². The molecule has 3 N–H and O–H groups in total. The van der Waals surface area contributed by atoms with Crippen molar-refractivity contribution in [2.75, 3.05) is 0 Å². The van der Waals surface area contributed by atoms with E-state index in [0.717, 1.165) is 0 Å². The molecule has 0 saturated heterocycles. The number of rotatable bonds is 0. The number of hydrogen-bond donors (Lipinski definition) is 1. The van der Waals surface area contributed by atoms with E-state index in [9.17, 15) is 0 Å². The molecule has 3 radical (unpaired) electrons. The van der Waals surface area contributed by atoms with Gasteiger partial charge < -0.3 is 6.15 Å². The van der Waals surface area contributed by atoms with Crippen molar-refractivity contribution in [2.24, 2.45) is 0 Å². The van der Waals surface area contributed by atoms with Gasteiger partial charge in [0.2, 0.25) is 0 Å². The monoisotopic (exact) mass is 124 g/mol. The fraction of sp³-hybridized carbons (Fsp3) is 1.00. The van der Waals surface area contributed by atoms with Gasteiger partial charge in [-0.15, -0.1) is 0 Å². The molecule has 0 atom stereocenters. The van der Waals surface area contributed by atoms with Gasteiger partial charge in [-0.3, -0.25) is 0 Å². The minimum Gasteiger partial charge on any atom is -0.344 e. The zero-order valence-electron chi connectivity index (χ0n) is 1.78. The third kappa shape index (κ3) is 47.4. The van der Waals surface area contributed by atoms with Gasteiger partial charge in [-0.2, -0.15) is 0 Å². The number of hydrogen-bond acceptors (Lipinski definition) is 1. The van der Waals surface area contributed by atoms with Crippen LogP contribution in [-0.2, 0) is 21.7 Å². The Morgan fingerprint density at radius 2 is 1.00 bits per heavy atom. The predicted molar refractivity (Wildman–Crippen MR) is 28.8 cm³/mol. The van der Waals surface area contributed by atoms with E-state index in [1.54, 1.807) is 0 Å². The Balaban J connectivity index is 0. The predicted octanol–water partition coefficient (Wildman–Crippen LogP) is -1.04. The average Bonchev–Trinajstić information content (AvgIpc) is 0. The molecular formula is CH11BNSiTi. The molecule has 0 heterocycles. The van der Waals surface area contributed by atoms with Gasteiger partial charge in [0, 0.05) is 30.1 Å². The standard InChI is InChI=1S/CH4.B.H3N.H4Si.Ti/h1H4;;1H3;1H4;. The van der Waals surface area contributed by atoms with Gasteiger partial charge in [-0.1, -0.05) is 7.43 Å². The molecule has 0 aliphatic heterocycles. The molecule has 0 aromatic rings. The van der Waals surface area contributed by atoms with E-state index in [2.05, 4.69) is 0 Å². The Kier molecular flexibility index (Phi) is 2720. The van der Waals surface area contributed by atoms with Crippen LogP contribution in [0.1, 0.15) is 7.43 Å². The van der Waals surface area contributed by atoms with Gasteiger partial charge in [0.05, 0.1) is 0 Å². The molecule has 0 saturated carbocycles. The maximum absolute atomic E-state index is 0. The van der Waals surface area contributed by atoms with E-state index >= 15 is 0 Å². The van der Waals surface area contributed by atoms with E-state index in [0.29, 0.717) is 0 Å². The summed E-state index contributed by atoms with van der Waals surface area (Å²) in [6.45, 7) is 0. The third-order valence-corrected chi connectivity index (χ3v) is 0. The Morgan fingerprint density at radius 3 is 1.00 bits per heavy atom. The SMILES string of the molecule is C.N.[B].[SiH4].[Ti]. The van der Waals surface area contributed by atoms with Crippen LogP contribution in [0.5, 0.6) is 0 Å². The second-order valence-electron chi connectivity index (χ2n) is 0. The summed E-state index contributed by atoms with van der Waals surface area (Å²) in [6, 6.07) is 0. The van der Waals surface area contributed by atoms with Gasteiger partial charge >= 0.3 is 0 Å². The molecule has 0 aromatic heterocycles. The van der Waals surface area contributed by atoms with Crippen molar-refractivity contribution in [1.82, 2.24) is 6.15 Å². The van der Waals surface area contributed by atoms with Crippen LogP contribution in [0.2, 0.25) is 0 Å². The zero-order chi connectivity index (χ0) is 0. The fourth-order valence-electron chi connectivity index (χ4n) is 0. The molecule has 0 aliphatic rings. The van der Waals surface area contributed by atoms with Crippen molar-refractivity contribution in [1.29, 1.82) is 0 Å². The third-order valence-electron chi connectivity index (χ3n) is 0. The van der Waals surface area contributed by atoms with Gasteiger partial charge in [-0.05, 0) is 11.0 Å². The molecule has 1 nitrogen and oxygen atoms in total. The van der Waals surface area contributed by atoms with Gasteiger partial charge in [-0.25, -0.2) is 0 Å². The quantitative estimate of drug-likeness (QED) is 0.411. The maximum Gasteiger partial charge on any atom is 0 e. The van der Waals surface area contributed by atoms with Crippen LogP contribution >= 0.6 is 0 Å². The molecule has 0 aromatic carbocycles. The first-order chi connectivity index (χ1) is 0. The Bertz CT molecular complexity index is 11.6. The largest absolute Gasteiger partial charge is 0.344 e. The summed E-state index contributed by atoms with van der Waals surface area (Å²) in [5.74, 6) is 0. The molecule has 4 heteroatoms. The average molecular weight is 124 g/mol. The van der Waals surface area contributed by atoms with Crippen molar-refractivity contribution in [3.05, 3.63) is 0 Å². The van der Waals surface area contributed by atoms with Gasteiger partial charge in [0.1, 0.15) is 0 Å². The van der Waals surface area contributed by atoms with Crippen LogP contribution in [0.15, 0.2) is 0 Å². The van der Waals surface area contributed by atoms with Crippen LogP contribution in [0.4, 0.5) is 0 Å². The van der Waals surface area contributed by atoms with Crippen molar-refractivity contribution in [3.8, 4) is 0 Å². The Morgan fingerprint density at radius 1 is 1.00 bits per heavy atom. The van der Waals surface area contributed by atoms with Crippen molar-refractivity contribution < 1.29 is 21.7 Å². The molecule has 5 heavy (non-hydrogen) atoms. The van der Waals surface area contributed by atoms with E-state index in [1.165, 1.54) is 0 Å². The first-order valence-electron chi connectivity index (χ1n) is 0. The second-order valence-corrected chi connectivity index (χ2v) is 0. The summed E-state index contributed by atoms with van der Waals surface area (Å²) in [6.07, 6.45) is 0. The molecule has 0 spiro atoms. The Labute approximate surface area is 55.0 Å². The first-order valence-corrected chi connectivity index (χ1v) is 0. The molecule has 0 aliphatic carbocycles. The fourth-order valence-corrected chi connectivity index (χ4v) is 0. The smallest absolute Gasteiger partial charge is 0 e. The summed E-state index contributed by atoms with van der Waals surface area (Å²) in [5.41, 5.74) is 0. The van der Waals surface area contributed by atoms with Crippen molar-refractivity contribution in [2.45, 2.75) is 7.43 Å². The minimum absolute atomic E-state index is 0. The molecule has 31 valence electrons. The molecule has 0 bridgehead atoms. The summed E-state index contributed by atoms with van der Waals surface area (Å²) < 4.78 is 0. The van der Waals surface area contributed by atoms with Crippen molar-refractivity contribution >= 4 is 19.4 Å². The zero-order valence-corrected chi connectivity index (χ0v) is 3.35. The summed E-state index contributed by atoms with van der Waals surface area (Å²) >= 11 is 0. The maximum atomic E-state index is 0. The molecule has 0 amide bonds. The molecule has 0 unspecified atom stereocenters. The van der Waals surface area contributed by atoms with E-state index in [1.807, 2.05) is 0 Å². The second kappa shape index (κ2) is 84.9. The minimum atomic E-state index is 0. The van der Waals surface area contributed by atoms with Crippen LogP contribution in [0.25, 0.3) is 0 Å². The van der Waals surface area contributed by atoms with Crippen LogP contribution < -0.4 is 6.15 Å². The summed E-state index contributed by atoms with van der Waals surface area (Å²) in [4.78, 5) is 0. The van der Waals surface area contributed by atoms with Crippen molar-refractivity contribution in [3.63, 3.8) is 0 Å². The molecular weight excluding hydrogens is 113 g/mol. The van der Waals surface area contributed by atoms with E-state index in [4.69, 9.17) is 0 Å². The van der Waals surface area contributed by atoms with E-state index in [-0.39, 0.29) is 54.7 Å². The first kappa shape index (κ1) is 160. The molecule has 0 fully saturated rings. The normalized spacial score (nSPS) is 0. The topological polar surface area (TPSA) is 35.0 Å². The summed E-state index contributed by atoms with van der Waals surface area (Å²) in [7, 11) is 0. The Hall–Kier alpha value is 0.956. The van der Waals surface area contributed by atoms with Crippen LogP contribution in [0.3, 0.4) is 0 Å². The van der Waals surface area contributed by atoms with Gasteiger partial charge in [0.15, 0.2) is 0 Å². The molecule has 0 rings (SSSR count).